The van der Waals surface area contributed by atoms with Crippen LogP contribution < -0.4 is 16.0 Å². The van der Waals surface area contributed by atoms with Gasteiger partial charge in [0.2, 0.25) is 0 Å². The van der Waals surface area contributed by atoms with Crippen LogP contribution in [-0.4, -0.2) is 42.6 Å². The number of fused-ring (bicyclic) bond motifs is 1. The van der Waals surface area contributed by atoms with E-state index in [-0.39, 0.29) is 24.1 Å². The molecule has 2 aromatic rings. The van der Waals surface area contributed by atoms with Crippen LogP contribution >= 0.6 is 0 Å². The van der Waals surface area contributed by atoms with E-state index in [2.05, 4.69) is 16.0 Å². The molecule has 2 heterocycles. The van der Waals surface area contributed by atoms with Crippen molar-refractivity contribution in [2.24, 2.45) is 0 Å². The number of carbonyl (C=O) groups excluding carboxylic acids is 2. The van der Waals surface area contributed by atoms with E-state index in [4.69, 9.17) is 4.42 Å². The molecule has 1 aromatic heterocycles. The Morgan fingerprint density at radius 3 is 2.85 bits per heavy atom. The van der Waals surface area contributed by atoms with Gasteiger partial charge in [-0.3, -0.25) is 0 Å². The van der Waals surface area contributed by atoms with Gasteiger partial charge in [-0.25, -0.2) is 9.59 Å². The van der Waals surface area contributed by atoms with Gasteiger partial charge >= 0.3 is 12.1 Å². The summed E-state index contributed by atoms with van der Waals surface area (Å²) in [4.78, 5) is 25.9. The van der Waals surface area contributed by atoms with Crippen LogP contribution in [0.3, 0.4) is 0 Å². The molecule has 1 fully saturated rings. The molecule has 0 saturated carbocycles. The quantitative estimate of drug-likeness (QED) is 0.785. The number of urea groups is 2. The van der Waals surface area contributed by atoms with Gasteiger partial charge in [-0.2, -0.15) is 0 Å². The normalized spacial score (nSPS) is 18.0. The Kier molecular flexibility index (Phi) is 5.35. The minimum Gasteiger partial charge on any atom is -0.459 e. The molecule has 1 aromatic carbocycles. The first-order valence-electron chi connectivity index (χ1n) is 9.07. The van der Waals surface area contributed by atoms with Crippen molar-refractivity contribution < 1.29 is 14.0 Å². The first-order chi connectivity index (χ1) is 12.5. The number of benzene rings is 1. The molecule has 2 atom stereocenters. The maximum Gasteiger partial charge on any atom is 0.317 e. The molecule has 7 nitrogen and oxygen atoms in total. The second kappa shape index (κ2) is 7.68. The molecule has 7 heteroatoms. The number of nitrogens with zero attached hydrogens (tertiary/aromatic N) is 1. The zero-order chi connectivity index (χ0) is 18.7. The van der Waals surface area contributed by atoms with Gasteiger partial charge in [0.05, 0.1) is 6.04 Å². The average Bonchev–Trinajstić information content (AvgIpc) is 3.20. The van der Waals surface area contributed by atoms with Crippen LogP contribution in [0.4, 0.5) is 9.59 Å². The lowest BCUT2D eigenvalue weighted by Crippen LogP contribution is -2.45. The lowest BCUT2D eigenvalue weighted by atomic mass is 10.1. The van der Waals surface area contributed by atoms with E-state index in [9.17, 15) is 9.59 Å². The molecule has 1 aliphatic rings. The Hall–Kier alpha value is -2.70. The molecule has 1 saturated heterocycles. The maximum absolute atomic E-state index is 12.3. The summed E-state index contributed by atoms with van der Waals surface area (Å²) in [6.07, 6.45) is 0.753. The van der Waals surface area contributed by atoms with Crippen molar-refractivity contribution in [1.29, 1.82) is 0 Å². The van der Waals surface area contributed by atoms with Crippen molar-refractivity contribution in [3.05, 3.63) is 35.6 Å². The van der Waals surface area contributed by atoms with Crippen LogP contribution in [0.25, 0.3) is 11.0 Å². The number of furan rings is 1. The second-order valence-corrected chi connectivity index (χ2v) is 6.69. The maximum atomic E-state index is 12.3. The van der Waals surface area contributed by atoms with Gasteiger partial charge in [-0.1, -0.05) is 18.2 Å². The highest BCUT2D eigenvalue weighted by atomic mass is 16.3. The Balaban J connectivity index is 1.56. The standard InChI is InChI=1S/C19H26N4O3/c1-4-20-19(25)23-10-9-14(11-23)22-18(24)21-13(3)17-12(2)15-7-5-6-8-16(15)26-17/h5-8,13-14H,4,9-11H2,1-3H3,(H,20,25)(H2,21,22,24)/t13-,14?/m1/s1. The van der Waals surface area contributed by atoms with Gasteiger partial charge in [0.25, 0.3) is 0 Å². The third-order valence-corrected chi connectivity index (χ3v) is 4.76. The minimum absolute atomic E-state index is 0.0402. The topological polar surface area (TPSA) is 86.6 Å². The lowest BCUT2D eigenvalue weighted by molar-refractivity contribution is 0.207. The van der Waals surface area contributed by atoms with Gasteiger partial charge in [0, 0.05) is 36.6 Å². The first-order valence-corrected chi connectivity index (χ1v) is 9.07. The van der Waals surface area contributed by atoms with Gasteiger partial charge in [0.15, 0.2) is 0 Å². The van der Waals surface area contributed by atoms with E-state index in [1.807, 2.05) is 45.0 Å². The molecule has 140 valence electrons. The highest BCUT2D eigenvalue weighted by Crippen LogP contribution is 2.29. The molecule has 0 spiro atoms. The van der Waals surface area contributed by atoms with Crippen molar-refractivity contribution in [2.45, 2.75) is 39.3 Å². The van der Waals surface area contributed by atoms with Crippen LogP contribution in [0.1, 0.15) is 37.6 Å². The Morgan fingerprint density at radius 1 is 1.35 bits per heavy atom. The largest absolute Gasteiger partial charge is 0.459 e. The monoisotopic (exact) mass is 358 g/mol. The smallest absolute Gasteiger partial charge is 0.317 e. The summed E-state index contributed by atoms with van der Waals surface area (Å²) in [6.45, 7) is 7.56. The summed E-state index contributed by atoms with van der Waals surface area (Å²) in [5.74, 6) is 0.761. The van der Waals surface area contributed by atoms with Crippen molar-refractivity contribution in [3.63, 3.8) is 0 Å². The minimum atomic E-state index is -0.250. The zero-order valence-electron chi connectivity index (χ0n) is 15.5. The van der Waals surface area contributed by atoms with Gasteiger partial charge in [-0.05, 0) is 33.3 Å². The molecule has 1 unspecified atom stereocenters. The van der Waals surface area contributed by atoms with Crippen molar-refractivity contribution in [3.8, 4) is 0 Å². The predicted molar refractivity (Wildman–Crippen MR) is 100 cm³/mol. The highest BCUT2D eigenvalue weighted by molar-refractivity contribution is 5.82. The summed E-state index contributed by atoms with van der Waals surface area (Å²) in [5, 5.41) is 9.72. The first kappa shape index (κ1) is 18.1. The fourth-order valence-corrected chi connectivity index (χ4v) is 3.42. The van der Waals surface area contributed by atoms with Crippen LogP contribution in [0.15, 0.2) is 28.7 Å². The number of rotatable bonds is 4. The predicted octanol–water partition coefficient (Wildman–Crippen LogP) is 2.91. The molecular formula is C19H26N4O3. The van der Waals surface area contributed by atoms with Gasteiger partial charge in [0.1, 0.15) is 11.3 Å². The second-order valence-electron chi connectivity index (χ2n) is 6.69. The molecule has 3 rings (SSSR count). The number of nitrogens with one attached hydrogen (secondary N) is 3. The zero-order valence-corrected chi connectivity index (χ0v) is 15.5. The number of hydrogen-bond acceptors (Lipinski definition) is 3. The van der Waals surface area contributed by atoms with E-state index in [0.29, 0.717) is 19.6 Å². The SMILES string of the molecule is CCNC(=O)N1CCC(NC(=O)N[C@H](C)c2oc3ccccc3c2C)C1. The summed E-state index contributed by atoms with van der Waals surface area (Å²) >= 11 is 0. The van der Waals surface area contributed by atoms with Crippen LogP contribution in [0.2, 0.25) is 0 Å². The van der Waals surface area contributed by atoms with Crippen LogP contribution in [0.5, 0.6) is 0 Å². The fraction of sp³-hybridized carbons (Fsp3) is 0.474. The highest BCUT2D eigenvalue weighted by Gasteiger charge is 2.27. The summed E-state index contributed by atoms with van der Waals surface area (Å²) < 4.78 is 5.90. The van der Waals surface area contributed by atoms with Crippen molar-refractivity contribution >= 4 is 23.0 Å². The van der Waals surface area contributed by atoms with E-state index in [1.165, 1.54) is 0 Å². The summed E-state index contributed by atoms with van der Waals surface area (Å²) in [6, 6.07) is 7.22. The number of para-hydroxylation sites is 1. The van der Waals surface area contributed by atoms with E-state index >= 15 is 0 Å². The third kappa shape index (κ3) is 3.76. The van der Waals surface area contributed by atoms with Crippen LogP contribution in [0, 0.1) is 6.92 Å². The van der Waals surface area contributed by atoms with Crippen molar-refractivity contribution in [1.82, 2.24) is 20.9 Å². The molecule has 4 amide bonds. The fourth-order valence-electron chi connectivity index (χ4n) is 3.42. The summed E-state index contributed by atoms with van der Waals surface area (Å²) in [7, 11) is 0. The molecule has 0 bridgehead atoms. The number of likely N-dealkylation sites (tertiary alicyclic amines) is 1. The van der Waals surface area contributed by atoms with E-state index < -0.39 is 0 Å². The Morgan fingerprint density at radius 2 is 2.12 bits per heavy atom. The van der Waals surface area contributed by atoms with Gasteiger partial charge in [-0.15, -0.1) is 0 Å². The molecule has 0 radical (unpaired) electrons. The molecule has 1 aliphatic heterocycles. The molecule has 26 heavy (non-hydrogen) atoms. The number of carbonyl (C=O) groups is 2. The number of aryl methyl sites for hydroxylation is 1. The number of amides is 4. The van der Waals surface area contributed by atoms with E-state index in [1.54, 1.807) is 4.90 Å². The molecular weight excluding hydrogens is 332 g/mol. The Bertz CT molecular complexity index is 801. The van der Waals surface area contributed by atoms with Crippen molar-refractivity contribution in [2.75, 3.05) is 19.6 Å². The molecule has 0 aliphatic carbocycles. The van der Waals surface area contributed by atoms with Gasteiger partial charge < -0.3 is 25.3 Å². The van der Waals surface area contributed by atoms with Crippen LogP contribution in [-0.2, 0) is 0 Å². The third-order valence-electron chi connectivity index (χ3n) is 4.76. The number of hydrogen-bond donors (Lipinski definition) is 3. The Labute approximate surface area is 153 Å². The lowest BCUT2D eigenvalue weighted by Gasteiger charge is -2.19. The molecule has 3 N–H and O–H groups in total. The summed E-state index contributed by atoms with van der Waals surface area (Å²) in [5.41, 5.74) is 1.86. The van der Waals surface area contributed by atoms with E-state index in [0.717, 1.165) is 28.7 Å². The average molecular weight is 358 g/mol.